The zero-order chi connectivity index (χ0) is 18.0. The Labute approximate surface area is 158 Å². The molecular weight excluding hydrogens is 330 g/mol. The van der Waals surface area contributed by atoms with Crippen LogP contribution in [0.3, 0.4) is 0 Å². The second-order valence-corrected chi connectivity index (χ2v) is 8.07. The third-order valence-corrected chi connectivity index (χ3v) is 6.62. The molecule has 2 heteroatoms. The van der Waals surface area contributed by atoms with Crippen LogP contribution in [0.4, 0.5) is 0 Å². The van der Waals surface area contributed by atoms with Crippen molar-refractivity contribution in [3.63, 3.8) is 0 Å². The maximum Gasteiger partial charge on any atom is 0.145 e. The van der Waals surface area contributed by atoms with Crippen LogP contribution in [0.1, 0.15) is 43.6 Å². The Morgan fingerprint density at radius 1 is 0.778 bits per heavy atom. The highest BCUT2D eigenvalue weighted by molar-refractivity contribution is 6.24. The van der Waals surface area contributed by atoms with Crippen molar-refractivity contribution < 1.29 is 4.42 Å². The van der Waals surface area contributed by atoms with Gasteiger partial charge in [0.1, 0.15) is 11.2 Å². The minimum atomic E-state index is 0.674. The van der Waals surface area contributed by atoms with E-state index in [0.717, 1.165) is 11.2 Å². The van der Waals surface area contributed by atoms with Gasteiger partial charge >= 0.3 is 0 Å². The topological polar surface area (TPSA) is 18.1 Å². The van der Waals surface area contributed by atoms with Crippen LogP contribution in [0.25, 0.3) is 43.7 Å². The Balaban J connectivity index is 1.80. The summed E-state index contributed by atoms with van der Waals surface area (Å²) in [7, 11) is 2.18. The van der Waals surface area contributed by atoms with E-state index >= 15 is 0 Å². The van der Waals surface area contributed by atoms with Gasteiger partial charge in [-0.2, -0.15) is 0 Å². The average Bonchev–Trinajstić information content (AvgIpc) is 3.24. The first-order valence-electron chi connectivity index (χ1n) is 10.1. The molecule has 0 amide bonds. The van der Waals surface area contributed by atoms with E-state index in [2.05, 4.69) is 66.2 Å². The minimum absolute atomic E-state index is 0.674. The van der Waals surface area contributed by atoms with Gasteiger partial charge in [0.15, 0.2) is 0 Å². The van der Waals surface area contributed by atoms with E-state index < -0.39 is 0 Å². The first-order valence-corrected chi connectivity index (χ1v) is 10.1. The van der Waals surface area contributed by atoms with Gasteiger partial charge in [-0.15, -0.1) is 0 Å². The van der Waals surface area contributed by atoms with Gasteiger partial charge in [-0.25, -0.2) is 0 Å². The molecule has 0 N–H and O–H groups in total. The molecule has 0 bridgehead atoms. The number of benzene rings is 3. The highest BCUT2D eigenvalue weighted by Gasteiger charge is 2.23. The van der Waals surface area contributed by atoms with Crippen LogP contribution in [0, 0.1) is 0 Å². The van der Waals surface area contributed by atoms with Crippen LogP contribution in [-0.4, -0.2) is 4.57 Å². The van der Waals surface area contributed by atoms with Crippen molar-refractivity contribution in [2.24, 2.45) is 7.05 Å². The second-order valence-electron chi connectivity index (χ2n) is 8.07. The molecule has 0 unspecified atom stereocenters. The van der Waals surface area contributed by atoms with Crippen LogP contribution in [0.2, 0.25) is 0 Å². The van der Waals surface area contributed by atoms with Crippen LogP contribution < -0.4 is 0 Å². The molecule has 0 saturated heterocycles. The van der Waals surface area contributed by atoms with Gasteiger partial charge in [0.25, 0.3) is 0 Å². The summed E-state index contributed by atoms with van der Waals surface area (Å²) in [6.45, 7) is 0. The van der Waals surface area contributed by atoms with Gasteiger partial charge in [0.05, 0.1) is 10.9 Å². The average molecular weight is 353 g/mol. The van der Waals surface area contributed by atoms with Crippen LogP contribution in [-0.2, 0) is 7.05 Å². The van der Waals surface area contributed by atoms with Gasteiger partial charge in [-0.05, 0) is 48.6 Å². The Kier molecular flexibility index (Phi) is 3.19. The van der Waals surface area contributed by atoms with Gasteiger partial charge in [0.2, 0.25) is 0 Å². The maximum atomic E-state index is 6.42. The lowest BCUT2D eigenvalue weighted by Gasteiger charge is -2.23. The van der Waals surface area contributed by atoms with Crippen molar-refractivity contribution >= 4 is 43.7 Å². The predicted molar refractivity (Wildman–Crippen MR) is 114 cm³/mol. The third kappa shape index (κ3) is 2.07. The first kappa shape index (κ1) is 15.3. The zero-order valence-electron chi connectivity index (χ0n) is 15.7. The molecule has 134 valence electrons. The summed E-state index contributed by atoms with van der Waals surface area (Å²) in [5.41, 5.74) is 6.13. The quantitative estimate of drug-likeness (QED) is 0.310. The molecule has 1 aliphatic rings. The van der Waals surface area contributed by atoms with Gasteiger partial charge < -0.3 is 8.98 Å². The molecule has 2 nitrogen and oxygen atoms in total. The molecule has 0 spiro atoms. The van der Waals surface area contributed by atoms with Gasteiger partial charge in [-0.1, -0.05) is 49.6 Å². The summed E-state index contributed by atoms with van der Waals surface area (Å²) in [5, 5.41) is 5.14. The maximum absolute atomic E-state index is 6.42. The monoisotopic (exact) mass is 353 g/mol. The zero-order valence-corrected chi connectivity index (χ0v) is 15.7. The largest absolute Gasteiger partial charge is 0.455 e. The molecule has 2 heterocycles. The van der Waals surface area contributed by atoms with E-state index in [1.54, 1.807) is 0 Å². The van der Waals surface area contributed by atoms with E-state index in [1.165, 1.54) is 70.2 Å². The molecule has 0 radical (unpaired) electrons. The molecule has 0 atom stereocenters. The molecule has 6 rings (SSSR count). The molecule has 1 fully saturated rings. The fourth-order valence-electron chi connectivity index (χ4n) is 5.29. The minimum Gasteiger partial charge on any atom is -0.455 e. The Morgan fingerprint density at radius 3 is 2.48 bits per heavy atom. The lowest BCUT2D eigenvalue weighted by molar-refractivity contribution is 0.445. The van der Waals surface area contributed by atoms with E-state index in [0.29, 0.717) is 5.92 Å². The summed E-state index contributed by atoms with van der Waals surface area (Å²) < 4.78 is 8.75. The lowest BCUT2D eigenvalue weighted by atomic mass is 9.82. The van der Waals surface area contributed by atoms with E-state index in [1.807, 2.05) is 0 Å². The molecule has 2 aromatic heterocycles. The summed E-state index contributed by atoms with van der Waals surface area (Å²) >= 11 is 0. The molecular formula is C25H23NO. The number of fused-ring (bicyclic) bond motifs is 7. The van der Waals surface area contributed by atoms with Gasteiger partial charge in [-0.3, -0.25) is 0 Å². The first-order chi connectivity index (χ1) is 13.3. The molecule has 1 saturated carbocycles. The number of para-hydroxylation sites is 1. The van der Waals surface area contributed by atoms with Crippen LogP contribution in [0.5, 0.6) is 0 Å². The standard InChI is InChI=1S/C25H23NO/c1-26-20-12-7-11-17(16-8-3-2-4-9-16)23(20)24-21(26)15-14-19-18-10-5-6-13-22(18)27-25(19)24/h5-7,10-16H,2-4,8-9H2,1H3. The number of rotatable bonds is 1. The fourth-order valence-corrected chi connectivity index (χ4v) is 5.29. The number of furan rings is 1. The second kappa shape index (κ2) is 5.63. The van der Waals surface area contributed by atoms with Crippen molar-refractivity contribution in [1.82, 2.24) is 4.57 Å². The number of hydrogen-bond donors (Lipinski definition) is 0. The summed E-state index contributed by atoms with van der Waals surface area (Å²) in [4.78, 5) is 0. The normalized spacial score (nSPS) is 16.2. The van der Waals surface area contributed by atoms with Crippen molar-refractivity contribution in [3.05, 3.63) is 60.2 Å². The molecule has 3 aromatic carbocycles. The Morgan fingerprint density at radius 2 is 1.59 bits per heavy atom. The fraction of sp³-hybridized carbons (Fsp3) is 0.280. The SMILES string of the molecule is Cn1c2cccc(C3CCCCC3)c2c2c3oc4ccccc4c3ccc21. The smallest absolute Gasteiger partial charge is 0.145 e. The van der Waals surface area contributed by atoms with E-state index in [4.69, 9.17) is 4.42 Å². The number of aromatic nitrogens is 1. The Bertz CT molecular complexity index is 1310. The van der Waals surface area contributed by atoms with Crippen molar-refractivity contribution in [2.45, 2.75) is 38.0 Å². The highest BCUT2D eigenvalue weighted by atomic mass is 16.3. The predicted octanol–water partition coefficient (Wildman–Crippen LogP) is 7.28. The summed E-state index contributed by atoms with van der Waals surface area (Å²) in [6.07, 6.45) is 6.71. The lowest BCUT2D eigenvalue weighted by Crippen LogP contribution is -2.04. The molecule has 27 heavy (non-hydrogen) atoms. The number of aryl methyl sites for hydroxylation is 1. The molecule has 1 aliphatic carbocycles. The van der Waals surface area contributed by atoms with Crippen molar-refractivity contribution in [1.29, 1.82) is 0 Å². The van der Waals surface area contributed by atoms with E-state index in [9.17, 15) is 0 Å². The van der Waals surface area contributed by atoms with Crippen LogP contribution >= 0.6 is 0 Å². The number of nitrogens with zero attached hydrogens (tertiary/aromatic N) is 1. The third-order valence-electron chi connectivity index (χ3n) is 6.62. The van der Waals surface area contributed by atoms with Crippen molar-refractivity contribution in [2.75, 3.05) is 0 Å². The Hall–Kier alpha value is -2.74. The summed E-state index contributed by atoms with van der Waals surface area (Å²) in [6, 6.07) is 19.7. The van der Waals surface area contributed by atoms with E-state index in [-0.39, 0.29) is 0 Å². The van der Waals surface area contributed by atoms with Gasteiger partial charge in [0, 0.05) is 28.7 Å². The van der Waals surface area contributed by atoms with Crippen molar-refractivity contribution in [3.8, 4) is 0 Å². The molecule has 5 aromatic rings. The summed E-state index contributed by atoms with van der Waals surface area (Å²) in [5.74, 6) is 0.674. The highest BCUT2D eigenvalue weighted by Crippen LogP contribution is 2.43. The molecule has 0 aliphatic heterocycles. The number of hydrogen-bond acceptors (Lipinski definition) is 1. The van der Waals surface area contributed by atoms with Crippen LogP contribution in [0.15, 0.2) is 59.0 Å².